The lowest BCUT2D eigenvalue weighted by Crippen LogP contribution is -1.88. The predicted octanol–water partition coefficient (Wildman–Crippen LogP) is 4.15. The van der Waals surface area contributed by atoms with Crippen LogP contribution >= 0.6 is 0 Å². The second-order valence-corrected chi connectivity index (χ2v) is 4.78. The summed E-state index contributed by atoms with van der Waals surface area (Å²) in [6.45, 7) is 0. The number of benzene rings is 2. The normalized spacial score (nSPS) is 11.1. The van der Waals surface area contributed by atoms with E-state index in [1.165, 1.54) is 0 Å². The summed E-state index contributed by atoms with van der Waals surface area (Å²) in [7, 11) is 1.79. The number of anilines is 1. The van der Waals surface area contributed by atoms with Gasteiger partial charge in [0.2, 0.25) is 0 Å². The Morgan fingerprint density at radius 3 is 2.71 bits per heavy atom. The predicted molar refractivity (Wildman–Crippen MR) is 88.3 cm³/mol. The van der Waals surface area contributed by atoms with Gasteiger partial charge in [-0.25, -0.2) is 0 Å². The Balaban J connectivity index is 1.96. The van der Waals surface area contributed by atoms with Crippen molar-refractivity contribution in [2.45, 2.75) is 0 Å². The maximum Gasteiger partial charge on any atom is 0.139 e. The summed E-state index contributed by atoms with van der Waals surface area (Å²) < 4.78 is 0. The molecule has 0 aliphatic carbocycles. The van der Waals surface area contributed by atoms with Crippen molar-refractivity contribution in [3.63, 3.8) is 0 Å². The highest BCUT2D eigenvalue weighted by Gasteiger charge is 2.00. The molecule has 3 aromatic rings. The molecule has 3 heteroatoms. The zero-order valence-electron chi connectivity index (χ0n) is 11.7. The van der Waals surface area contributed by atoms with Crippen molar-refractivity contribution in [2.75, 3.05) is 12.4 Å². The first-order valence-corrected chi connectivity index (χ1v) is 6.80. The molecule has 0 amide bonds. The molecule has 0 fully saturated rings. The highest BCUT2D eigenvalue weighted by Crippen LogP contribution is 2.25. The lowest BCUT2D eigenvalue weighted by molar-refractivity contribution is 0.477. The minimum Gasteiger partial charge on any atom is -0.506 e. The highest BCUT2D eigenvalue weighted by molar-refractivity contribution is 5.90. The largest absolute Gasteiger partial charge is 0.506 e. The molecule has 1 heterocycles. The van der Waals surface area contributed by atoms with Gasteiger partial charge in [-0.15, -0.1) is 0 Å². The molecule has 2 aromatic carbocycles. The van der Waals surface area contributed by atoms with Crippen LogP contribution in [0.5, 0.6) is 5.75 Å². The molecule has 0 aliphatic heterocycles. The van der Waals surface area contributed by atoms with E-state index in [0.29, 0.717) is 0 Å². The molecule has 0 saturated carbocycles. The summed E-state index contributed by atoms with van der Waals surface area (Å²) in [5, 5.41) is 13.9. The second kappa shape index (κ2) is 5.67. The number of aromatic nitrogens is 1. The van der Waals surface area contributed by atoms with Gasteiger partial charge in [0, 0.05) is 18.6 Å². The van der Waals surface area contributed by atoms with Crippen LogP contribution in [0.1, 0.15) is 11.1 Å². The third-order valence-corrected chi connectivity index (χ3v) is 3.43. The summed E-state index contributed by atoms with van der Waals surface area (Å²) in [5.74, 6) is 0.249. The molecule has 21 heavy (non-hydrogen) atoms. The number of para-hydroxylation sites is 1. The first-order valence-electron chi connectivity index (χ1n) is 6.80. The van der Waals surface area contributed by atoms with Gasteiger partial charge in [-0.05, 0) is 35.4 Å². The number of phenolic OH excluding ortho intramolecular Hbond substituents is 1. The zero-order valence-corrected chi connectivity index (χ0v) is 11.7. The van der Waals surface area contributed by atoms with Gasteiger partial charge in [-0.3, -0.25) is 4.98 Å². The van der Waals surface area contributed by atoms with Gasteiger partial charge in [0.25, 0.3) is 0 Å². The van der Waals surface area contributed by atoms with Crippen molar-refractivity contribution < 1.29 is 5.11 Å². The molecule has 2 N–H and O–H groups in total. The molecular formula is C18H16N2O. The maximum absolute atomic E-state index is 9.85. The summed E-state index contributed by atoms with van der Waals surface area (Å²) >= 11 is 0. The number of pyridine rings is 1. The van der Waals surface area contributed by atoms with Crippen LogP contribution in [-0.2, 0) is 0 Å². The molecule has 0 aliphatic rings. The fourth-order valence-corrected chi connectivity index (χ4v) is 2.31. The van der Waals surface area contributed by atoms with Gasteiger partial charge in [-0.2, -0.15) is 0 Å². The van der Waals surface area contributed by atoms with Gasteiger partial charge < -0.3 is 10.4 Å². The van der Waals surface area contributed by atoms with Gasteiger partial charge in [0.1, 0.15) is 5.75 Å². The van der Waals surface area contributed by atoms with Crippen LogP contribution in [0.15, 0.2) is 54.7 Å². The molecule has 0 unspecified atom stereocenters. The van der Waals surface area contributed by atoms with Crippen molar-refractivity contribution in [3.05, 3.63) is 65.9 Å². The minimum absolute atomic E-state index is 0.249. The summed E-state index contributed by atoms with van der Waals surface area (Å²) in [6, 6.07) is 15.6. The number of hydrogen-bond acceptors (Lipinski definition) is 3. The number of phenols is 1. The Kier molecular flexibility index (Phi) is 3.56. The molecule has 104 valence electrons. The molecule has 0 bridgehead atoms. The molecular weight excluding hydrogens is 260 g/mol. The van der Waals surface area contributed by atoms with Crippen molar-refractivity contribution >= 4 is 28.7 Å². The molecule has 3 nitrogen and oxygen atoms in total. The first kappa shape index (κ1) is 13.2. The smallest absolute Gasteiger partial charge is 0.139 e. The van der Waals surface area contributed by atoms with Crippen LogP contribution < -0.4 is 5.32 Å². The molecule has 0 saturated heterocycles. The lowest BCUT2D eigenvalue weighted by atomic mass is 10.1. The van der Waals surface area contributed by atoms with Crippen LogP contribution in [0.25, 0.3) is 23.1 Å². The monoisotopic (exact) mass is 276 g/mol. The van der Waals surface area contributed by atoms with E-state index in [-0.39, 0.29) is 5.75 Å². The third kappa shape index (κ3) is 2.72. The van der Waals surface area contributed by atoms with Crippen molar-refractivity contribution in [1.29, 1.82) is 0 Å². The Morgan fingerprint density at radius 1 is 1.05 bits per heavy atom. The second-order valence-electron chi connectivity index (χ2n) is 4.78. The van der Waals surface area contributed by atoms with Gasteiger partial charge >= 0.3 is 0 Å². The van der Waals surface area contributed by atoms with E-state index in [1.807, 2.05) is 54.7 Å². The summed E-state index contributed by atoms with van der Waals surface area (Å²) in [6.07, 6.45) is 5.84. The van der Waals surface area contributed by atoms with Crippen molar-refractivity contribution in [3.8, 4) is 5.75 Å². The topological polar surface area (TPSA) is 45.2 Å². The van der Waals surface area contributed by atoms with E-state index in [4.69, 9.17) is 0 Å². The van der Waals surface area contributed by atoms with Crippen molar-refractivity contribution in [1.82, 2.24) is 4.98 Å². The molecule has 0 atom stereocenters. The van der Waals surface area contributed by atoms with Crippen molar-refractivity contribution in [2.24, 2.45) is 0 Å². The minimum atomic E-state index is 0.249. The fourth-order valence-electron chi connectivity index (χ4n) is 2.31. The lowest BCUT2D eigenvalue weighted by Gasteiger charge is -2.04. The van der Waals surface area contributed by atoms with Crippen LogP contribution in [0, 0.1) is 0 Å². The average molecular weight is 276 g/mol. The Bertz CT molecular complexity index is 804. The summed E-state index contributed by atoms with van der Waals surface area (Å²) in [5.41, 5.74) is 3.76. The van der Waals surface area contributed by atoms with Crippen LogP contribution in [0.3, 0.4) is 0 Å². The molecule has 3 rings (SSSR count). The highest BCUT2D eigenvalue weighted by atomic mass is 16.3. The average Bonchev–Trinajstić information content (AvgIpc) is 2.53. The van der Waals surface area contributed by atoms with Crippen LogP contribution in [0.2, 0.25) is 0 Å². The summed E-state index contributed by atoms with van der Waals surface area (Å²) in [4.78, 5) is 4.35. The van der Waals surface area contributed by atoms with E-state index < -0.39 is 0 Å². The Morgan fingerprint density at radius 2 is 1.90 bits per heavy atom. The third-order valence-electron chi connectivity index (χ3n) is 3.43. The number of rotatable bonds is 3. The Labute approximate surface area is 123 Å². The first-order chi connectivity index (χ1) is 10.3. The van der Waals surface area contributed by atoms with Crippen LogP contribution in [-0.4, -0.2) is 17.1 Å². The number of fused-ring (bicyclic) bond motifs is 1. The fraction of sp³-hybridized carbons (Fsp3) is 0.0556. The van der Waals surface area contributed by atoms with Gasteiger partial charge in [-0.1, -0.05) is 36.4 Å². The van der Waals surface area contributed by atoms with Gasteiger partial charge in [0.15, 0.2) is 0 Å². The van der Waals surface area contributed by atoms with E-state index in [9.17, 15) is 5.11 Å². The van der Waals surface area contributed by atoms with E-state index in [0.717, 1.165) is 27.7 Å². The number of hydrogen-bond donors (Lipinski definition) is 2. The molecule has 1 aromatic heterocycles. The number of nitrogens with one attached hydrogen (secondary N) is 1. The van der Waals surface area contributed by atoms with Crippen LogP contribution in [0.4, 0.5) is 5.69 Å². The van der Waals surface area contributed by atoms with E-state index >= 15 is 0 Å². The SMILES string of the molecule is CNc1ccc(/C=C/c2ccnc3ccccc23)cc1O. The number of nitrogens with zero attached hydrogens (tertiary/aromatic N) is 1. The molecule has 0 radical (unpaired) electrons. The Hall–Kier alpha value is -2.81. The quantitative estimate of drug-likeness (QED) is 0.706. The van der Waals surface area contributed by atoms with E-state index in [1.54, 1.807) is 13.1 Å². The zero-order chi connectivity index (χ0) is 14.7. The maximum atomic E-state index is 9.85. The number of aromatic hydroxyl groups is 1. The van der Waals surface area contributed by atoms with Gasteiger partial charge in [0.05, 0.1) is 11.2 Å². The molecule has 0 spiro atoms. The van der Waals surface area contributed by atoms with E-state index in [2.05, 4.69) is 16.4 Å². The standard InChI is InChI=1S/C18H16N2O/c1-19-17-9-7-13(12-18(17)21)6-8-14-10-11-20-16-5-3-2-4-15(14)16/h2-12,19,21H,1H3/b8-6+.